The monoisotopic (exact) mass is 323 g/mol. The number of aromatic nitrogens is 1. The summed E-state index contributed by atoms with van der Waals surface area (Å²) in [5, 5.41) is 27.7. The molecule has 2 aromatic carbocycles. The van der Waals surface area contributed by atoms with Gasteiger partial charge in [0, 0.05) is 12.3 Å². The Kier molecular flexibility index (Phi) is 3.83. The van der Waals surface area contributed by atoms with E-state index >= 15 is 0 Å². The van der Waals surface area contributed by atoms with E-state index in [2.05, 4.69) is 10.2 Å². The van der Waals surface area contributed by atoms with E-state index in [1.807, 2.05) is 0 Å². The van der Waals surface area contributed by atoms with Crippen LogP contribution in [0.2, 0.25) is 0 Å². The third-order valence-electron chi connectivity index (χ3n) is 3.51. The summed E-state index contributed by atoms with van der Waals surface area (Å²) in [6, 6.07) is 12.7. The number of hydrogen-bond acceptors (Lipinski definition) is 5. The molecule has 0 unspecified atom stereocenters. The van der Waals surface area contributed by atoms with Gasteiger partial charge < -0.3 is 10.2 Å². The van der Waals surface area contributed by atoms with E-state index in [9.17, 15) is 19.8 Å². The van der Waals surface area contributed by atoms with E-state index in [-0.39, 0.29) is 17.0 Å². The summed E-state index contributed by atoms with van der Waals surface area (Å²) in [7, 11) is 0. The number of benzene rings is 2. The lowest BCUT2D eigenvalue weighted by Crippen LogP contribution is -2.03. The molecule has 0 aliphatic rings. The second-order valence-corrected chi connectivity index (χ2v) is 5.07. The van der Waals surface area contributed by atoms with Gasteiger partial charge in [-0.3, -0.25) is 9.59 Å². The number of carbonyl (C=O) groups excluding carboxylic acids is 2. The van der Waals surface area contributed by atoms with Crippen molar-refractivity contribution >= 4 is 28.4 Å². The fraction of sp³-hybridized carbons (Fsp3) is 0.0588. The van der Waals surface area contributed by atoms with Crippen LogP contribution in [-0.4, -0.2) is 26.6 Å². The summed E-state index contributed by atoms with van der Waals surface area (Å²) in [5.41, 5.74) is 0.479. The molecule has 7 heteroatoms. The maximum absolute atomic E-state index is 12.1. The maximum atomic E-state index is 12.1. The van der Waals surface area contributed by atoms with Gasteiger partial charge in [0.1, 0.15) is 5.75 Å². The van der Waals surface area contributed by atoms with E-state index in [0.717, 1.165) is 4.57 Å². The van der Waals surface area contributed by atoms with Crippen LogP contribution in [0.15, 0.2) is 58.8 Å². The first-order chi connectivity index (χ1) is 11.5. The molecule has 1 aromatic heterocycles. The zero-order valence-electron chi connectivity index (χ0n) is 12.7. The van der Waals surface area contributed by atoms with Crippen LogP contribution >= 0.6 is 0 Å². The number of hydrogen-bond donors (Lipinski definition) is 2. The first-order valence-electron chi connectivity index (χ1n) is 7.08. The van der Waals surface area contributed by atoms with Crippen LogP contribution in [0.4, 0.5) is 5.69 Å². The van der Waals surface area contributed by atoms with Crippen molar-refractivity contribution < 1.29 is 19.8 Å². The molecule has 0 saturated carbocycles. The maximum Gasteiger partial charge on any atom is 0.299 e. The quantitative estimate of drug-likeness (QED) is 0.702. The largest absolute Gasteiger partial charge is 0.507 e. The predicted molar refractivity (Wildman–Crippen MR) is 86.9 cm³/mol. The van der Waals surface area contributed by atoms with E-state index in [0.29, 0.717) is 10.9 Å². The highest BCUT2D eigenvalue weighted by Crippen LogP contribution is 2.38. The fourth-order valence-electron chi connectivity index (χ4n) is 2.43. The molecule has 3 aromatic rings. The normalized spacial score (nSPS) is 11.2. The number of phenolic OH excluding ortho intramolecular Hbond substituents is 1. The molecule has 120 valence electrons. The number of amides is 1. The van der Waals surface area contributed by atoms with Crippen molar-refractivity contribution in [2.24, 2.45) is 10.2 Å². The second-order valence-electron chi connectivity index (χ2n) is 5.07. The zero-order valence-corrected chi connectivity index (χ0v) is 12.7. The number of phenols is 1. The molecule has 7 nitrogen and oxygen atoms in total. The summed E-state index contributed by atoms with van der Waals surface area (Å²) in [6.07, 6.45) is 0. The Labute approximate surface area is 136 Å². The molecule has 0 atom stereocenters. The lowest BCUT2D eigenvalue weighted by atomic mass is 10.2. The molecule has 24 heavy (non-hydrogen) atoms. The summed E-state index contributed by atoms with van der Waals surface area (Å²) in [4.78, 5) is 23.8. The lowest BCUT2D eigenvalue weighted by Gasteiger charge is -1.99. The lowest BCUT2D eigenvalue weighted by molar-refractivity contribution is 0.0932. The fourth-order valence-corrected chi connectivity index (χ4v) is 2.43. The molecule has 1 amide bonds. The predicted octanol–water partition coefficient (Wildman–Crippen LogP) is 3.64. The number of carbonyl (C=O) groups is 2. The first kappa shape index (κ1) is 15.4. The molecule has 0 radical (unpaired) electrons. The van der Waals surface area contributed by atoms with Gasteiger partial charge in [0.15, 0.2) is 5.69 Å². The van der Waals surface area contributed by atoms with Gasteiger partial charge in [0.05, 0.1) is 11.1 Å². The Hall–Kier alpha value is -3.48. The van der Waals surface area contributed by atoms with E-state index in [1.54, 1.807) is 36.4 Å². The van der Waals surface area contributed by atoms with Gasteiger partial charge in [0.2, 0.25) is 11.8 Å². The van der Waals surface area contributed by atoms with Crippen LogP contribution < -0.4 is 0 Å². The average molecular weight is 323 g/mol. The Bertz CT molecular complexity index is 989. The minimum atomic E-state index is -0.757. The van der Waals surface area contributed by atoms with Gasteiger partial charge in [0.25, 0.3) is 5.91 Å². The van der Waals surface area contributed by atoms with Gasteiger partial charge in [-0.2, -0.15) is 0 Å². The van der Waals surface area contributed by atoms with Gasteiger partial charge >= 0.3 is 0 Å². The molecule has 0 aliphatic carbocycles. The van der Waals surface area contributed by atoms with Crippen molar-refractivity contribution in [2.45, 2.75) is 6.92 Å². The van der Waals surface area contributed by atoms with Crippen molar-refractivity contribution in [1.29, 1.82) is 0 Å². The van der Waals surface area contributed by atoms with E-state index in [1.165, 1.54) is 19.1 Å². The van der Waals surface area contributed by atoms with Gasteiger partial charge in [-0.25, -0.2) is 4.57 Å². The Balaban J connectivity index is 2.08. The summed E-state index contributed by atoms with van der Waals surface area (Å²) < 4.78 is 1.09. The van der Waals surface area contributed by atoms with Crippen LogP contribution in [-0.2, 0) is 0 Å². The Morgan fingerprint density at radius 2 is 1.67 bits per heavy atom. The number of azo groups is 1. The minimum absolute atomic E-state index is 0.00366. The zero-order chi connectivity index (χ0) is 17.3. The van der Waals surface area contributed by atoms with Crippen LogP contribution in [0.5, 0.6) is 11.6 Å². The molecule has 0 spiro atoms. The third kappa shape index (κ3) is 2.52. The van der Waals surface area contributed by atoms with Gasteiger partial charge in [-0.05, 0) is 18.2 Å². The average Bonchev–Trinajstić information content (AvgIpc) is 2.84. The highest BCUT2D eigenvalue weighted by atomic mass is 16.3. The standard InChI is InChI=1S/C17H13N3O4/c1-10(21)20-13-8-4-2-6-11(13)15(17(20)24)18-19-16(23)12-7-3-5-9-14(12)22/h2-9,22,24H,1H3. The Morgan fingerprint density at radius 1 is 1.00 bits per heavy atom. The van der Waals surface area contributed by atoms with E-state index < -0.39 is 17.7 Å². The molecule has 0 aliphatic heterocycles. The minimum Gasteiger partial charge on any atom is -0.507 e. The van der Waals surface area contributed by atoms with Gasteiger partial charge in [-0.1, -0.05) is 30.3 Å². The molecule has 0 saturated heterocycles. The smallest absolute Gasteiger partial charge is 0.299 e. The highest BCUT2D eigenvalue weighted by molar-refractivity contribution is 6.02. The number of aromatic hydroxyl groups is 2. The van der Waals surface area contributed by atoms with Gasteiger partial charge in [-0.15, -0.1) is 10.2 Å². The van der Waals surface area contributed by atoms with Crippen molar-refractivity contribution in [1.82, 2.24) is 4.57 Å². The van der Waals surface area contributed by atoms with Crippen LogP contribution in [0.25, 0.3) is 10.9 Å². The van der Waals surface area contributed by atoms with Crippen molar-refractivity contribution in [3.05, 3.63) is 54.1 Å². The number of rotatable bonds is 2. The topological polar surface area (TPSA) is 104 Å². The highest BCUT2D eigenvalue weighted by Gasteiger charge is 2.19. The molecule has 0 fully saturated rings. The summed E-state index contributed by atoms with van der Waals surface area (Å²) >= 11 is 0. The van der Waals surface area contributed by atoms with E-state index in [4.69, 9.17) is 0 Å². The second kappa shape index (κ2) is 5.96. The summed E-state index contributed by atoms with van der Waals surface area (Å²) in [5.74, 6) is -1.75. The summed E-state index contributed by atoms with van der Waals surface area (Å²) in [6.45, 7) is 1.31. The number of nitrogens with zero attached hydrogens (tertiary/aromatic N) is 3. The molecular weight excluding hydrogens is 310 g/mol. The first-order valence-corrected chi connectivity index (χ1v) is 7.08. The van der Waals surface area contributed by atoms with Crippen molar-refractivity contribution in [3.63, 3.8) is 0 Å². The Morgan fingerprint density at radius 3 is 2.38 bits per heavy atom. The molecule has 2 N–H and O–H groups in total. The van der Waals surface area contributed by atoms with Crippen LogP contribution in [0, 0.1) is 0 Å². The number of para-hydroxylation sites is 2. The number of fused-ring (bicyclic) bond motifs is 1. The van der Waals surface area contributed by atoms with Crippen molar-refractivity contribution in [3.8, 4) is 11.6 Å². The third-order valence-corrected chi connectivity index (χ3v) is 3.51. The molecular formula is C17H13N3O4. The van der Waals surface area contributed by atoms with Crippen LogP contribution in [0.1, 0.15) is 22.1 Å². The van der Waals surface area contributed by atoms with Crippen molar-refractivity contribution in [2.75, 3.05) is 0 Å². The molecule has 3 rings (SSSR count). The SMILES string of the molecule is CC(=O)n1c(O)c(N=NC(=O)c2ccccc2O)c2ccccc21. The molecule has 0 bridgehead atoms. The van der Waals surface area contributed by atoms with Crippen LogP contribution in [0.3, 0.4) is 0 Å². The molecule has 1 heterocycles.